The van der Waals surface area contributed by atoms with Gasteiger partial charge < -0.3 is 11.1 Å². The highest BCUT2D eigenvalue weighted by atomic mass is 19.1. The molecule has 0 saturated heterocycles. The van der Waals surface area contributed by atoms with Crippen molar-refractivity contribution < 1.29 is 8.78 Å². The molecule has 0 aliphatic rings. The molecule has 3 N–H and O–H groups in total. The summed E-state index contributed by atoms with van der Waals surface area (Å²) in [5.41, 5.74) is 5.46. The van der Waals surface area contributed by atoms with Crippen LogP contribution in [0.3, 0.4) is 0 Å². The normalized spacial score (nSPS) is 10.1. The van der Waals surface area contributed by atoms with Gasteiger partial charge in [0.1, 0.15) is 23.6 Å². The average molecular weight is 222 g/mol. The van der Waals surface area contributed by atoms with Crippen LogP contribution in [0.15, 0.2) is 30.7 Å². The predicted octanol–water partition coefficient (Wildman–Crippen LogP) is 2.08. The first-order valence-electron chi connectivity index (χ1n) is 4.45. The number of para-hydroxylation sites is 1. The molecule has 0 saturated carbocycles. The SMILES string of the molecule is Nc1cncnc1Nc1c(F)cccc1F. The van der Waals surface area contributed by atoms with Crippen LogP contribution in [-0.2, 0) is 0 Å². The number of nitrogens with two attached hydrogens (primary N) is 1. The highest BCUT2D eigenvalue weighted by Crippen LogP contribution is 2.24. The number of aromatic nitrogens is 2. The zero-order chi connectivity index (χ0) is 11.5. The lowest BCUT2D eigenvalue weighted by Gasteiger charge is -2.08. The monoisotopic (exact) mass is 222 g/mol. The van der Waals surface area contributed by atoms with Crippen molar-refractivity contribution in [2.24, 2.45) is 0 Å². The molecule has 1 aromatic carbocycles. The number of hydrogen-bond donors (Lipinski definition) is 2. The Morgan fingerprint density at radius 2 is 1.88 bits per heavy atom. The number of nitrogens with zero attached hydrogens (tertiary/aromatic N) is 2. The van der Waals surface area contributed by atoms with Crippen molar-refractivity contribution in [2.75, 3.05) is 11.1 Å². The number of nitrogen functional groups attached to an aromatic ring is 1. The zero-order valence-corrected chi connectivity index (χ0v) is 8.11. The van der Waals surface area contributed by atoms with Crippen LogP contribution in [0, 0.1) is 11.6 Å². The van der Waals surface area contributed by atoms with Gasteiger partial charge in [-0.15, -0.1) is 0 Å². The van der Waals surface area contributed by atoms with Gasteiger partial charge in [-0.3, -0.25) is 0 Å². The summed E-state index contributed by atoms with van der Waals surface area (Å²) in [6.07, 6.45) is 2.57. The summed E-state index contributed by atoms with van der Waals surface area (Å²) in [4.78, 5) is 7.44. The Labute approximate surface area is 90.1 Å². The molecule has 2 rings (SSSR count). The number of nitrogens with one attached hydrogen (secondary N) is 1. The van der Waals surface area contributed by atoms with Crippen molar-refractivity contribution >= 4 is 17.2 Å². The summed E-state index contributed by atoms with van der Waals surface area (Å²) in [5.74, 6) is -1.25. The second kappa shape index (κ2) is 4.09. The Kier molecular flexibility index (Phi) is 2.63. The molecule has 0 aliphatic carbocycles. The maximum absolute atomic E-state index is 13.3. The van der Waals surface area contributed by atoms with E-state index in [0.29, 0.717) is 0 Å². The van der Waals surface area contributed by atoms with Crippen LogP contribution in [0.2, 0.25) is 0 Å². The Hall–Kier alpha value is -2.24. The first kappa shape index (κ1) is 10.3. The third-order valence-corrected chi connectivity index (χ3v) is 1.95. The molecule has 0 fully saturated rings. The van der Waals surface area contributed by atoms with Crippen LogP contribution in [0.5, 0.6) is 0 Å². The molecular weight excluding hydrogens is 214 g/mol. The third kappa shape index (κ3) is 1.90. The summed E-state index contributed by atoms with van der Waals surface area (Å²) in [5, 5.41) is 2.48. The van der Waals surface area contributed by atoms with Crippen molar-refractivity contribution in [3.63, 3.8) is 0 Å². The molecule has 0 radical (unpaired) electrons. The lowest BCUT2D eigenvalue weighted by atomic mass is 10.3. The van der Waals surface area contributed by atoms with Crippen molar-refractivity contribution in [3.8, 4) is 0 Å². The Morgan fingerprint density at radius 3 is 2.50 bits per heavy atom. The van der Waals surface area contributed by atoms with Gasteiger partial charge in [-0.2, -0.15) is 0 Å². The second-order valence-corrected chi connectivity index (χ2v) is 3.05. The van der Waals surface area contributed by atoms with Gasteiger partial charge in [0, 0.05) is 0 Å². The number of hydrogen-bond acceptors (Lipinski definition) is 4. The lowest BCUT2D eigenvalue weighted by molar-refractivity contribution is 0.590. The molecule has 0 amide bonds. The van der Waals surface area contributed by atoms with Gasteiger partial charge in [-0.25, -0.2) is 18.7 Å². The fourth-order valence-electron chi connectivity index (χ4n) is 1.18. The van der Waals surface area contributed by atoms with Crippen molar-refractivity contribution in [3.05, 3.63) is 42.4 Å². The van der Waals surface area contributed by atoms with Gasteiger partial charge in [-0.1, -0.05) is 6.07 Å². The van der Waals surface area contributed by atoms with Gasteiger partial charge in [0.15, 0.2) is 5.82 Å². The maximum atomic E-state index is 13.3. The quantitative estimate of drug-likeness (QED) is 0.816. The van der Waals surface area contributed by atoms with Crippen molar-refractivity contribution in [2.45, 2.75) is 0 Å². The number of rotatable bonds is 2. The van der Waals surface area contributed by atoms with Crippen LogP contribution >= 0.6 is 0 Å². The van der Waals surface area contributed by atoms with Gasteiger partial charge in [0.05, 0.1) is 11.9 Å². The van der Waals surface area contributed by atoms with E-state index in [4.69, 9.17) is 5.73 Å². The molecule has 6 heteroatoms. The smallest absolute Gasteiger partial charge is 0.157 e. The van der Waals surface area contributed by atoms with Gasteiger partial charge in [-0.05, 0) is 12.1 Å². The minimum atomic E-state index is -0.710. The Morgan fingerprint density at radius 1 is 1.19 bits per heavy atom. The van der Waals surface area contributed by atoms with Crippen LogP contribution in [-0.4, -0.2) is 9.97 Å². The number of benzene rings is 1. The second-order valence-electron chi connectivity index (χ2n) is 3.05. The molecule has 0 atom stereocenters. The van der Waals surface area contributed by atoms with E-state index in [9.17, 15) is 8.78 Å². The summed E-state index contributed by atoms with van der Waals surface area (Å²) >= 11 is 0. The molecule has 1 aromatic heterocycles. The highest BCUT2D eigenvalue weighted by Gasteiger charge is 2.10. The minimum absolute atomic E-state index is 0.166. The van der Waals surface area contributed by atoms with E-state index in [0.717, 1.165) is 12.1 Å². The number of halogens is 2. The Balaban J connectivity index is 2.38. The largest absolute Gasteiger partial charge is 0.394 e. The third-order valence-electron chi connectivity index (χ3n) is 1.95. The van der Waals surface area contributed by atoms with E-state index in [1.165, 1.54) is 18.6 Å². The van der Waals surface area contributed by atoms with E-state index in [1.807, 2.05) is 0 Å². The van der Waals surface area contributed by atoms with Gasteiger partial charge in [0.2, 0.25) is 0 Å². The van der Waals surface area contributed by atoms with E-state index in [-0.39, 0.29) is 17.2 Å². The van der Waals surface area contributed by atoms with Gasteiger partial charge in [0.25, 0.3) is 0 Å². The molecule has 0 spiro atoms. The molecule has 4 nitrogen and oxygen atoms in total. The molecule has 0 bridgehead atoms. The van der Waals surface area contributed by atoms with Crippen LogP contribution in [0.1, 0.15) is 0 Å². The maximum Gasteiger partial charge on any atom is 0.157 e. The van der Waals surface area contributed by atoms with E-state index in [2.05, 4.69) is 15.3 Å². The van der Waals surface area contributed by atoms with Crippen LogP contribution in [0.25, 0.3) is 0 Å². The molecule has 1 heterocycles. The van der Waals surface area contributed by atoms with E-state index >= 15 is 0 Å². The topological polar surface area (TPSA) is 63.8 Å². The lowest BCUT2D eigenvalue weighted by Crippen LogP contribution is -2.02. The number of anilines is 3. The fourth-order valence-corrected chi connectivity index (χ4v) is 1.18. The molecule has 2 aromatic rings. The summed E-state index contributed by atoms with van der Waals surface area (Å²) < 4.78 is 26.6. The molecule has 0 unspecified atom stereocenters. The highest BCUT2D eigenvalue weighted by molar-refractivity contribution is 5.67. The standard InChI is InChI=1S/C10H8F2N4/c11-6-2-1-3-7(12)9(6)16-10-8(13)4-14-5-15-10/h1-5H,13H2,(H,14,15,16). The predicted molar refractivity (Wildman–Crippen MR) is 56.1 cm³/mol. The molecule has 0 aliphatic heterocycles. The van der Waals surface area contributed by atoms with E-state index < -0.39 is 11.6 Å². The van der Waals surface area contributed by atoms with Crippen LogP contribution in [0.4, 0.5) is 26.0 Å². The summed E-state index contributed by atoms with van der Waals surface area (Å²) in [6.45, 7) is 0. The minimum Gasteiger partial charge on any atom is -0.394 e. The van der Waals surface area contributed by atoms with Gasteiger partial charge >= 0.3 is 0 Å². The van der Waals surface area contributed by atoms with E-state index in [1.54, 1.807) is 0 Å². The average Bonchev–Trinajstić information content (AvgIpc) is 2.26. The first-order valence-corrected chi connectivity index (χ1v) is 4.45. The first-order chi connectivity index (χ1) is 7.68. The summed E-state index contributed by atoms with van der Waals surface area (Å²) in [7, 11) is 0. The molecule has 16 heavy (non-hydrogen) atoms. The molecule has 82 valence electrons. The zero-order valence-electron chi connectivity index (χ0n) is 8.11. The summed E-state index contributed by atoms with van der Waals surface area (Å²) in [6, 6.07) is 3.56. The molecular formula is C10H8F2N4. The fraction of sp³-hybridized carbons (Fsp3) is 0. The van der Waals surface area contributed by atoms with Crippen molar-refractivity contribution in [1.82, 2.24) is 9.97 Å². The van der Waals surface area contributed by atoms with Crippen molar-refractivity contribution in [1.29, 1.82) is 0 Å². The Bertz CT molecular complexity index is 496. The van der Waals surface area contributed by atoms with Crippen LogP contribution < -0.4 is 11.1 Å².